The minimum Gasteiger partial charge on any atom is -0.493 e. The number of hydrogen-bond acceptors (Lipinski definition) is 6. The zero-order valence-corrected chi connectivity index (χ0v) is 19.2. The van der Waals surface area contributed by atoms with Crippen LogP contribution in [0.15, 0.2) is 18.3 Å². The Morgan fingerprint density at radius 3 is 2.69 bits per heavy atom. The van der Waals surface area contributed by atoms with Gasteiger partial charge in [0, 0.05) is 24.4 Å². The van der Waals surface area contributed by atoms with Gasteiger partial charge in [0.05, 0.1) is 24.9 Å². The predicted octanol–water partition coefficient (Wildman–Crippen LogP) is 2.75. The average Bonchev–Trinajstić information content (AvgIpc) is 3.17. The second-order valence-electron chi connectivity index (χ2n) is 7.24. The topological polar surface area (TPSA) is 121 Å². The Hall–Kier alpha value is -3.33. The smallest absolute Gasteiger partial charge is 0.254 e. The number of benzene rings is 1. The standard InChI is InChI=1S/C22H26ClN5O4/c1-5-32-20-17(23)8-14(9-18(20)31-4)10-25-19(29)7-6-15-12(2)27-22-16(21(24)30)11-26-28(22)13(15)3/h8-9,11H,5-7,10H2,1-4H3,(H2,24,30)(H,25,29). The Morgan fingerprint density at radius 1 is 1.28 bits per heavy atom. The molecule has 9 nitrogen and oxygen atoms in total. The molecule has 1 aromatic carbocycles. The maximum absolute atomic E-state index is 12.5. The third kappa shape index (κ3) is 4.77. The summed E-state index contributed by atoms with van der Waals surface area (Å²) < 4.78 is 12.4. The van der Waals surface area contributed by atoms with Crippen LogP contribution in [0.3, 0.4) is 0 Å². The van der Waals surface area contributed by atoms with Crippen molar-refractivity contribution in [3.8, 4) is 11.5 Å². The van der Waals surface area contributed by atoms with E-state index in [-0.39, 0.29) is 17.9 Å². The van der Waals surface area contributed by atoms with Gasteiger partial charge in [-0.15, -0.1) is 0 Å². The van der Waals surface area contributed by atoms with Gasteiger partial charge in [-0.3, -0.25) is 9.59 Å². The molecule has 3 aromatic rings. The predicted molar refractivity (Wildman–Crippen MR) is 120 cm³/mol. The van der Waals surface area contributed by atoms with Gasteiger partial charge in [0.2, 0.25) is 5.91 Å². The maximum atomic E-state index is 12.5. The molecular weight excluding hydrogens is 434 g/mol. The van der Waals surface area contributed by atoms with Crippen molar-refractivity contribution < 1.29 is 19.1 Å². The number of ether oxygens (including phenoxy) is 2. The van der Waals surface area contributed by atoms with E-state index in [1.165, 1.54) is 13.3 Å². The number of nitrogens with zero attached hydrogens (tertiary/aromatic N) is 3. The summed E-state index contributed by atoms with van der Waals surface area (Å²) >= 11 is 6.29. The zero-order valence-electron chi connectivity index (χ0n) is 18.5. The number of fused-ring (bicyclic) bond motifs is 1. The molecule has 0 bridgehead atoms. The van der Waals surface area contributed by atoms with Crippen molar-refractivity contribution in [1.82, 2.24) is 19.9 Å². The number of primary amides is 1. The fourth-order valence-corrected chi connectivity index (χ4v) is 3.82. The first-order valence-electron chi connectivity index (χ1n) is 10.2. The van der Waals surface area contributed by atoms with Gasteiger partial charge in [0.15, 0.2) is 17.1 Å². The molecule has 0 saturated carbocycles. The molecule has 0 aliphatic carbocycles. The SMILES string of the molecule is CCOc1c(Cl)cc(CNC(=O)CCc2c(C)nc3c(C(N)=O)cnn3c2C)cc1OC. The van der Waals surface area contributed by atoms with Crippen LogP contribution in [0.2, 0.25) is 5.02 Å². The van der Waals surface area contributed by atoms with E-state index in [1.54, 1.807) is 16.6 Å². The molecule has 10 heteroatoms. The van der Waals surface area contributed by atoms with Gasteiger partial charge in [-0.1, -0.05) is 11.6 Å². The Balaban J connectivity index is 1.67. The summed E-state index contributed by atoms with van der Waals surface area (Å²) in [5, 5.41) is 7.53. The minimum atomic E-state index is -0.579. The Bertz CT molecular complexity index is 1180. The van der Waals surface area contributed by atoms with E-state index >= 15 is 0 Å². The van der Waals surface area contributed by atoms with Crippen LogP contribution in [-0.4, -0.2) is 40.1 Å². The normalized spacial score (nSPS) is 10.9. The number of halogens is 1. The van der Waals surface area contributed by atoms with Crippen LogP contribution in [0.1, 0.15) is 46.2 Å². The molecule has 0 unspecified atom stereocenters. The first-order valence-corrected chi connectivity index (χ1v) is 10.5. The van der Waals surface area contributed by atoms with Crippen molar-refractivity contribution in [1.29, 1.82) is 0 Å². The van der Waals surface area contributed by atoms with Crippen molar-refractivity contribution >= 4 is 29.1 Å². The van der Waals surface area contributed by atoms with E-state index in [1.807, 2.05) is 20.8 Å². The number of hydrogen-bond donors (Lipinski definition) is 2. The lowest BCUT2D eigenvalue weighted by Gasteiger charge is -2.14. The average molecular weight is 460 g/mol. The monoisotopic (exact) mass is 459 g/mol. The molecule has 32 heavy (non-hydrogen) atoms. The molecule has 0 fully saturated rings. The molecule has 2 heterocycles. The summed E-state index contributed by atoms with van der Waals surface area (Å²) in [5.74, 6) is 0.304. The highest BCUT2D eigenvalue weighted by Gasteiger charge is 2.17. The number of nitrogens with two attached hydrogens (primary N) is 1. The van der Waals surface area contributed by atoms with E-state index in [0.29, 0.717) is 41.7 Å². The Labute approximate surface area is 190 Å². The lowest BCUT2D eigenvalue weighted by Crippen LogP contribution is -2.23. The second kappa shape index (κ2) is 9.86. The van der Waals surface area contributed by atoms with Crippen LogP contribution in [0.25, 0.3) is 5.65 Å². The molecule has 3 N–H and O–H groups in total. The summed E-state index contributed by atoms with van der Waals surface area (Å²) in [6, 6.07) is 3.53. The highest BCUT2D eigenvalue weighted by Crippen LogP contribution is 2.36. The Morgan fingerprint density at radius 2 is 2.03 bits per heavy atom. The van der Waals surface area contributed by atoms with Crippen LogP contribution >= 0.6 is 11.6 Å². The number of aromatic nitrogens is 3. The van der Waals surface area contributed by atoms with Crippen LogP contribution in [0.4, 0.5) is 0 Å². The first-order chi connectivity index (χ1) is 15.3. The maximum Gasteiger partial charge on any atom is 0.254 e. The zero-order chi connectivity index (χ0) is 23.4. The van der Waals surface area contributed by atoms with Crippen LogP contribution < -0.4 is 20.5 Å². The van der Waals surface area contributed by atoms with Crippen molar-refractivity contribution in [2.24, 2.45) is 5.73 Å². The van der Waals surface area contributed by atoms with Gasteiger partial charge in [-0.05, 0) is 50.5 Å². The van der Waals surface area contributed by atoms with E-state index in [9.17, 15) is 9.59 Å². The lowest BCUT2D eigenvalue weighted by molar-refractivity contribution is -0.121. The van der Waals surface area contributed by atoms with Crippen molar-refractivity contribution in [2.75, 3.05) is 13.7 Å². The fraction of sp³-hybridized carbons (Fsp3) is 0.364. The van der Waals surface area contributed by atoms with E-state index < -0.39 is 5.91 Å². The lowest BCUT2D eigenvalue weighted by atomic mass is 10.1. The highest BCUT2D eigenvalue weighted by molar-refractivity contribution is 6.32. The van der Waals surface area contributed by atoms with E-state index in [4.69, 9.17) is 26.8 Å². The second-order valence-corrected chi connectivity index (χ2v) is 7.65. The molecule has 0 spiro atoms. The molecule has 0 aliphatic heterocycles. The third-order valence-corrected chi connectivity index (χ3v) is 5.42. The number of aryl methyl sites for hydroxylation is 2. The number of rotatable bonds is 9. The van der Waals surface area contributed by atoms with Gasteiger partial charge in [-0.2, -0.15) is 5.10 Å². The fourth-order valence-electron chi connectivity index (χ4n) is 3.53. The molecular formula is C22H26ClN5O4. The number of methoxy groups -OCH3 is 1. The minimum absolute atomic E-state index is 0.119. The first kappa shape index (κ1) is 23.3. The van der Waals surface area contributed by atoms with Gasteiger partial charge in [0.25, 0.3) is 5.91 Å². The van der Waals surface area contributed by atoms with E-state index in [0.717, 1.165) is 22.5 Å². The van der Waals surface area contributed by atoms with Crippen molar-refractivity contribution in [3.05, 3.63) is 51.4 Å². The largest absolute Gasteiger partial charge is 0.493 e. The molecule has 2 amide bonds. The molecule has 2 aromatic heterocycles. The van der Waals surface area contributed by atoms with E-state index in [2.05, 4.69) is 15.4 Å². The summed E-state index contributed by atoms with van der Waals surface area (Å²) in [7, 11) is 1.54. The number of carbonyl (C=O) groups is 2. The summed E-state index contributed by atoms with van der Waals surface area (Å²) in [5.41, 5.74) is 9.32. The van der Waals surface area contributed by atoms with Crippen LogP contribution in [0, 0.1) is 13.8 Å². The van der Waals surface area contributed by atoms with Crippen LogP contribution in [0.5, 0.6) is 11.5 Å². The molecule has 170 valence electrons. The molecule has 0 radical (unpaired) electrons. The summed E-state index contributed by atoms with van der Waals surface area (Å²) in [4.78, 5) is 28.5. The number of amides is 2. The number of nitrogens with one attached hydrogen (secondary N) is 1. The van der Waals surface area contributed by atoms with Crippen LogP contribution in [-0.2, 0) is 17.8 Å². The van der Waals surface area contributed by atoms with Crippen molar-refractivity contribution in [3.63, 3.8) is 0 Å². The molecule has 0 atom stereocenters. The Kier molecular flexibility index (Phi) is 7.19. The molecule has 0 aliphatic rings. The van der Waals surface area contributed by atoms with Gasteiger partial charge < -0.3 is 20.5 Å². The molecule has 3 rings (SSSR count). The number of carbonyl (C=O) groups excluding carboxylic acids is 2. The summed E-state index contributed by atoms with van der Waals surface area (Å²) in [6.45, 7) is 6.35. The van der Waals surface area contributed by atoms with Gasteiger partial charge in [0.1, 0.15) is 5.56 Å². The molecule has 0 saturated heterocycles. The third-order valence-electron chi connectivity index (χ3n) is 5.14. The van der Waals surface area contributed by atoms with Crippen molar-refractivity contribution in [2.45, 2.75) is 40.2 Å². The van der Waals surface area contributed by atoms with Gasteiger partial charge in [-0.25, -0.2) is 9.50 Å². The quantitative estimate of drug-likeness (QED) is 0.507. The highest BCUT2D eigenvalue weighted by atomic mass is 35.5. The van der Waals surface area contributed by atoms with Gasteiger partial charge >= 0.3 is 0 Å². The summed E-state index contributed by atoms with van der Waals surface area (Å²) in [6.07, 6.45) is 2.15.